The number of nitrogens with one attached hydrogen (secondary N) is 1. The lowest BCUT2D eigenvalue weighted by Gasteiger charge is -2.25. The van der Waals surface area contributed by atoms with Gasteiger partial charge >= 0.3 is 0 Å². The van der Waals surface area contributed by atoms with E-state index in [0.29, 0.717) is 23.9 Å². The molecule has 7 nitrogen and oxygen atoms in total. The van der Waals surface area contributed by atoms with E-state index in [0.717, 1.165) is 13.0 Å². The Labute approximate surface area is 126 Å². The third-order valence-electron chi connectivity index (χ3n) is 3.04. The second kappa shape index (κ2) is 8.28. The van der Waals surface area contributed by atoms with Crippen molar-refractivity contribution < 1.29 is 9.53 Å². The van der Waals surface area contributed by atoms with Crippen LogP contribution in [0.3, 0.4) is 0 Å². The number of likely N-dealkylation sites (N-methyl/N-ethyl adjacent to an activating group) is 2. The molecular weight excluding hydrogens is 270 g/mol. The Morgan fingerprint density at radius 2 is 2.05 bits per heavy atom. The zero-order valence-corrected chi connectivity index (χ0v) is 13.5. The molecule has 0 saturated carbocycles. The van der Waals surface area contributed by atoms with Gasteiger partial charge in [-0.2, -0.15) is 0 Å². The Morgan fingerprint density at radius 3 is 2.57 bits per heavy atom. The molecule has 118 valence electrons. The van der Waals surface area contributed by atoms with Gasteiger partial charge in [0.2, 0.25) is 11.7 Å². The largest absolute Gasteiger partial charge is 0.490 e. The number of carbonyl (C=O) groups is 1. The molecule has 21 heavy (non-hydrogen) atoms. The van der Waals surface area contributed by atoms with Gasteiger partial charge in [-0.3, -0.25) is 4.79 Å². The van der Waals surface area contributed by atoms with Crippen LogP contribution in [-0.4, -0.2) is 61.6 Å². The molecule has 1 aromatic heterocycles. The fourth-order valence-corrected chi connectivity index (χ4v) is 1.79. The Bertz CT molecular complexity index is 465. The molecule has 0 unspecified atom stereocenters. The first-order chi connectivity index (χ1) is 10.0. The smallest absolute Gasteiger partial charge is 0.241 e. The minimum atomic E-state index is 0.0144. The second-order valence-corrected chi connectivity index (χ2v) is 4.81. The van der Waals surface area contributed by atoms with E-state index < -0.39 is 0 Å². The summed E-state index contributed by atoms with van der Waals surface area (Å²) in [6.07, 6.45) is 2.47. The summed E-state index contributed by atoms with van der Waals surface area (Å²) in [6.45, 7) is 5.76. The van der Waals surface area contributed by atoms with Gasteiger partial charge in [-0.15, -0.1) is 0 Å². The van der Waals surface area contributed by atoms with Crippen molar-refractivity contribution in [3.8, 4) is 5.75 Å². The molecule has 0 saturated heterocycles. The molecule has 1 heterocycles. The maximum absolute atomic E-state index is 11.9. The van der Waals surface area contributed by atoms with Crippen molar-refractivity contribution >= 4 is 17.5 Å². The number of methoxy groups -OCH3 is 1. The zero-order valence-electron chi connectivity index (χ0n) is 13.5. The molecule has 0 bridgehead atoms. The van der Waals surface area contributed by atoms with Crippen LogP contribution in [0, 0.1) is 0 Å². The first-order valence-corrected chi connectivity index (χ1v) is 7.13. The van der Waals surface area contributed by atoms with Gasteiger partial charge in [0, 0.05) is 27.2 Å². The molecule has 0 aliphatic rings. The Balaban J connectivity index is 3.05. The van der Waals surface area contributed by atoms with Crippen molar-refractivity contribution in [2.75, 3.05) is 51.1 Å². The summed E-state index contributed by atoms with van der Waals surface area (Å²) in [5, 5.41) is 3.21. The molecule has 0 aromatic carbocycles. The summed E-state index contributed by atoms with van der Waals surface area (Å²) in [5.41, 5.74) is 0. The van der Waals surface area contributed by atoms with Crippen LogP contribution in [0.1, 0.15) is 20.3 Å². The van der Waals surface area contributed by atoms with Crippen LogP contribution in [0.4, 0.5) is 11.6 Å². The van der Waals surface area contributed by atoms with E-state index in [1.54, 1.807) is 26.1 Å². The lowest BCUT2D eigenvalue weighted by atomic mass is 10.3. The minimum absolute atomic E-state index is 0.0144. The summed E-state index contributed by atoms with van der Waals surface area (Å²) in [6, 6.07) is 0. The van der Waals surface area contributed by atoms with Gasteiger partial charge in [0.05, 0.1) is 13.7 Å². The number of aromatic nitrogens is 2. The van der Waals surface area contributed by atoms with E-state index in [2.05, 4.69) is 22.2 Å². The highest BCUT2D eigenvalue weighted by Gasteiger charge is 2.19. The molecule has 0 fully saturated rings. The topological polar surface area (TPSA) is 70.6 Å². The lowest BCUT2D eigenvalue weighted by Crippen LogP contribution is -2.37. The highest BCUT2D eigenvalue weighted by molar-refractivity contribution is 5.81. The number of rotatable bonds is 8. The van der Waals surface area contributed by atoms with Crippen LogP contribution in [0.25, 0.3) is 0 Å². The molecule has 0 radical (unpaired) electrons. The lowest BCUT2D eigenvalue weighted by molar-refractivity contribution is -0.127. The van der Waals surface area contributed by atoms with Crippen molar-refractivity contribution in [3.05, 3.63) is 6.33 Å². The summed E-state index contributed by atoms with van der Waals surface area (Å²) in [4.78, 5) is 23.9. The molecule has 0 aliphatic heterocycles. The number of ether oxygens (including phenoxy) is 1. The van der Waals surface area contributed by atoms with Gasteiger partial charge in [0.15, 0.2) is 11.6 Å². The van der Waals surface area contributed by atoms with Crippen LogP contribution < -0.4 is 15.0 Å². The third kappa shape index (κ3) is 4.47. The summed E-state index contributed by atoms with van der Waals surface area (Å²) < 4.78 is 5.44. The molecule has 0 spiro atoms. The third-order valence-corrected chi connectivity index (χ3v) is 3.04. The van der Waals surface area contributed by atoms with Crippen molar-refractivity contribution in [3.63, 3.8) is 0 Å². The fraction of sp³-hybridized carbons (Fsp3) is 0.643. The van der Waals surface area contributed by atoms with Gasteiger partial charge in [0.1, 0.15) is 6.33 Å². The highest BCUT2D eigenvalue weighted by atomic mass is 16.5. The number of anilines is 2. The monoisotopic (exact) mass is 295 g/mol. The quantitative estimate of drug-likeness (QED) is 0.777. The number of hydrogen-bond donors (Lipinski definition) is 1. The van der Waals surface area contributed by atoms with Crippen molar-refractivity contribution in [1.82, 2.24) is 14.9 Å². The molecule has 0 atom stereocenters. The average molecular weight is 295 g/mol. The first kappa shape index (κ1) is 17.0. The minimum Gasteiger partial charge on any atom is -0.490 e. The molecule has 1 amide bonds. The van der Waals surface area contributed by atoms with E-state index in [1.807, 2.05) is 11.8 Å². The molecule has 0 aliphatic carbocycles. The molecule has 1 N–H and O–H groups in total. The maximum Gasteiger partial charge on any atom is 0.241 e. The van der Waals surface area contributed by atoms with Crippen LogP contribution in [0.15, 0.2) is 6.33 Å². The number of nitrogens with zero attached hydrogens (tertiary/aromatic N) is 4. The van der Waals surface area contributed by atoms with Gasteiger partial charge in [0.25, 0.3) is 0 Å². The van der Waals surface area contributed by atoms with Crippen LogP contribution >= 0.6 is 0 Å². The van der Waals surface area contributed by atoms with Gasteiger partial charge < -0.3 is 19.9 Å². The van der Waals surface area contributed by atoms with Gasteiger partial charge in [-0.1, -0.05) is 6.92 Å². The van der Waals surface area contributed by atoms with Crippen LogP contribution in [0.5, 0.6) is 5.75 Å². The number of carbonyl (C=O) groups excluding carboxylic acids is 1. The molecule has 1 aromatic rings. The van der Waals surface area contributed by atoms with E-state index in [1.165, 1.54) is 6.33 Å². The van der Waals surface area contributed by atoms with E-state index in [9.17, 15) is 4.79 Å². The molecule has 1 rings (SSSR count). The standard InChI is InChI=1S/C14H25N5O2/c1-6-8-15-13-12(21-5)14(17-10-16-13)19(7-2)9-11(20)18(3)4/h10H,6-9H2,1-5H3,(H,15,16,17). The second-order valence-electron chi connectivity index (χ2n) is 4.81. The van der Waals surface area contributed by atoms with Crippen molar-refractivity contribution in [1.29, 1.82) is 0 Å². The maximum atomic E-state index is 11.9. The summed E-state index contributed by atoms with van der Waals surface area (Å²) >= 11 is 0. The predicted molar refractivity (Wildman–Crippen MR) is 83.9 cm³/mol. The summed E-state index contributed by atoms with van der Waals surface area (Å²) in [5.74, 6) is 1.86. The first-order valence-electron chi connectivity index (χ1n) is 7.13. The van der Waals surface area contributed by atoms with Crippen LogP contribution in [0.2, 0.25) is 0 Å². The summed E-state index contributed by atoms with van der Waals surface area (Å²) in [7, 11) is 5.06. The normalized spacial score (nSPS) is 10.1. The van der Waals surface area contributed by atoms with E-state index >= 15 is 0 Å². The highest BCUT2D eigenvalue weighted by Crippen LogP contribution is 2.31. The Hall–Kier alpha value is -2.05. The molecular formula is C14H25N5O2. The van der Waals surface area contributed by atoms with Crippen molar-refractivity contribution in [2.24, 2.45) is 0 Å². The van der Waals surface area contributed by atoms with Crippen LogP contribution in [-0.2, 0) is 4.79 Å². The number of hydrogen-bond acceptors (Lipinski definition) is 6. The Morgan fingerprint density at radius 1 is 1.33 bits per heavy atom. The van der Waals surface area contributed by atoms with Crippen molar-refractivity contribution in [2.45, 2.75) is 20.3 Å². The Kier molecular flexibility index (Phi) is 6.71. The van der Waals surface area contributed by atoms with E-state index in [4.69, 9.17) is 4.74 Å². The molecule has 7 heteroatoms. The fourth-order valence-electron chi connectivity index (χ4n) is 1.79. The predicted octanol–water partition coefficient (Wildman–Crippen LogP) is 1.22. The van der Waals surface area contributed by atoms with Gasteiger partial charge in [-0.05, 0) is 13.3 Å². The zero-order chi connectivity index (χ0) is 15.8. The van der Waals surface area contributed by atoms with E-state index in [-0.39, 0.29) is 12.5 Å². The average Bonchev–Trinajstić information content (AvgIpc) is 2.49. The van der Waals surface area contributed by atoms with Gasteiger partial charge in [-0.25, -0.2) is 9.97 Å². The SMILES string of the molecule is CCCNc1ncnc(N(CC)CC(=O)N(C)C)c1OC. The number of amides is 1.